The van der Waals surface area contributed by atoms with Gasteiger partial charge in [-0.1, -0.05) is 19.1 Å². The van der Waals surface area contributed by atoms with Crippen molar-refractivity contribution in [1.29, 1.82) is 0 Å². The number of methoxy groups -OCH3 is 1. The average molecular weight is 343 g/mol. The number of allylic oxidation sites excluding steroid dienone is 1. The molecule has 0 aliphatic heterocycles. The number of hydrogen-bond acceptors (Lipinski definition) is 5. The van der Waals surface area contributed by atoms with Crippen molar-refractivity contribution in [2.45, 2.75) is 31.2 Å². The highest BCUT2D eigenvalue weighted by atomic mass is 35.5. The lowest BCUT2D eigenvalue weighted by molar-refractivity contribution is 0.0606. The van der Waals surface area contributed by atoms with E-state index in [0.717, 1.165) is 17.7 Å². The summed E-state index contributed by atoms with van der Waals surface area (Å²) in [6, 6.07) is 3.80. The van der Waals surface area contributed by atoms with E-state index in [1.54, 1.807) is 20.8 Å². The number of carbonyl (C=O) groups is 1. The van der Waals surface area contributed by atoms with E-state index in [1.807, 2.05) is 17.9 Å². The minimum absolute atomic E-state index is 0.00150. The Hall–Kier alpha value is -0.815. The molecule has 121 valence electrons. The minimum Gasteiger partial charge on any atom is -0.465 e. The first kappa shape index (κ1) is 19.2. The summed E-state index contributed by atoms with van der Waals surface area (Å²) >= 11 is 7.83. The lowest BCUT2D eigenvalue weighted by Gasteiger charge is -2.27. The third-order valence-corrected chi connectivity index (χ3v) is 4.86. The van der Waals surface area contributed by atoms with Gasteiger partial charge in [0.2, 0.25) is 0 Å². The van der Waals surface area contributed by atoms with Crippen LogP contribution in [0.2, 0.25) is 0 Å². The number of thiophene rings is 1. The third kappa shape index (κ3) is 5.76. The minimum atomic E-state index is -0.292. The van der Waals surface area contributed by atoms with Crippen LogP contribution in [-0.2, 0) is 15.8 Å². The van der Waals surface area contributed by atoms with Gasteiger partial charge in [0.15, 0.2) is 0 Å². The monoisotopic (exact) mass is 342 g/mol. The molecule has 0 aliphatic rings. The molecule has 22 heavy (non-hydrogen) atoms. The van der Waals surface area contributed by atoms with E-state index in [-0.39, 0.29) is 17.4 Å². The zero-order chi connectivity index (χ0) is 16.5. The van der Waals surface area contributed by atoms with E-state index in [2.05, 4.69) is 19.1 Å². The summed E-state index contributed by atoms with van der Waals surface area (Å²) in [7, 11) is 6.59. The standard InChI is InChI=1S/C15H22BClNO3S/c1-5-12(17)13(18(2)16-21-4)8-6-7-11-9-10-14(22-11)15(19)20-3/h6,8-10,12-13H,5,7H2,1-4H3/t12?,13-/m0/s1. The molecule has 0 aliphatic carbocycles. The molecule has 1 radical (unpaired) electrons. The molecule has 1 aromatic heterocycles. The predicted octanol–water partition coefficient (Wildman–Crippen LogP) is 3.13. The van der Waals surface area contributed by atoms with Crippen molar-refractivity contribution < 1.29 is 14.2 Å². The number of rotatable bonds is 9. The van der Waals surface area contributed by atoms with Gasteiger partial charge in [-0.05, 0) is 32.0 Å². The van der Waals surface area contributed by atoms with Crippen LogP contribution in [0, 0.1) is 0 Å². The van der Waals surface area contributed by atoms with Gasteiger partial charge in [-0.15, -0.1) is 22.9 Å². The van der Waals surface area contributed by atoms with Gasteiger partial charge in [-0.3, -0.25) is 0 Å². The number of likely N-dealkylation sites (N-methyl/N-ethyl adjacent to an activating group) is 1. The molecule has 2 atom stereocenters. The van der Waals surface area contributed by atoms with Gasteiger partial charge in [-0.25, -0.2) is 4.79 Å². The van der Waals surface area contributed by atoms with Crippen molar-refractivity contribution in [3.8, 4) is 0 Å². The summed E-state index contributed by atoms with van der Waals surface area (Å²) in [5.41, 5.74) is 0. The zero-order valence-corrected chi connectivity index (χ0v) is 15.0. The Bertz CT molecular complexity index is 495. The second-order valence-corrected chi connectivity index (χ2v) is 6.54. The van der Waals surface area contributed by atoms with Crippen LogP contribution in [0.25, 0.3) is 0 Å². The van der Waals surface area contributed by atoms with Crippen molar-refractivity contribution in [3.05, 3.63) is 34.0 Å². The first-order valence-corrected chi connectivity index (χ1v) is 8.34. The molecule has 0 bridgehead atoms. The number of alkyl halides is 1. The highest BCUT2D eigenvalue weighted by Crippen LogP contribution is 2.19. The maximum absolute atomic E-state index is 11.4. The van der Waals surface area contributed by atoms with Crippen molar-refractivity contribution in [2.24, 2.45) is 0 Å². The molecular formula is C15H22BClNO3S. The summed E-state index contributed by atoms with van der Waals surface area (Å²) in [6.45, 7) is 2.06. The number of ether oxygens (including phenoxy) is 1. The third-order valence-electron chi connectivity index (χ3n) is 3.20. The molecule has 0 saturated carbocycles. The Morgan fingerprint density at radius 3 is 2.82 bits per heavy atom. The normalized spacial score (nSPS) is 14.3. The SMILES string of the molecule is CCC(Cl)[C@H](C=CCc1ccc(C(=O)OC)s1)N(C)[B]OC. The van der Waals surface area contributed by atoms with Crippen LogP contribution in [0.4, 0.5) is 0 Å². The summed E-state index contributed by atoms with van der Waals surface area (Å²) in [6.07, 6.45) is 5.77. The highest BCUT2D eigenvalue weighted by molar-refractivity contribution is 7.13. The van der Waals surface area contributed by atoms with Crippen LogP contribution >= 0.6 is 22.9 Å². The second-order valence-electron chi connectivity index (χ2n) is 4.81. The molecule has 7 heteroatoms. The fourth-order valence-corrected chi connectivity index (χ4v) is 3.17. The first-order valence-electron chi connectivity index (χ1n) is 7.09. The number of nitrogens with zero attached hydrogens (tertiary/aromatic N) is 1. The van der Waals surface area contributed by atoms with E-state index >= 15 is 0 Å². The zero-order valence-electron chi connectivity index (χ0n) is 13.4. The van der Waals surface area contributed by atoms with Crippen LogP contribution in [0.5, 0.6) is 0 Å². The van der Waals surface area contributed by atoms with Gasteiger partial charge in [-0.2, -0.15) is 0 Å². The average Bonchev–Trinajstić information content (AvgIpc) is 2.99. The molecule has 0 aromatic carbocycles. The summed E-state index contributed by atoms with van der Waals surface area (Å²) < 4.78 is 9.75. The van der Waals surface area contributed by atoms with Gasteiger partial charge in [0.05, 0.1) is 12.5 Å². The van der Waals surface area contributed by atoms with Crippen LogP contribution in [0.1, 0.15) is 27.9 Å². The van der Waals surface area contributed by atoms with Crippen molar-refractivity contribution in [2.75, 3.05) is 21.3 Å². The Kier molecular flexibility index (Phi) is 8.79. The fourth-order valence-electron chi connectivity index (χ4n) is 2.01. The molecule has 1 unspecified atom stereocenters. The molecule has 1 aromatic rings. The maximum atomic E-state index is 11.4. The Balaban J connectivity index is 2.67. The van der Waals surface area contributed by atoms with Crippen molar-refractivity contribution >= 4 is 36.5 Å². The summed E-state index contributed by atoms with van der Waals surface area (Å²) in [5.74, 6) is -0.292. The Morgan fingerprint density at radius 2 is 2.23 bits per heavy atom. The van der Waals surface area contributed by atoms with Crippen molar-refractivity contribution in [3.63, 3.8) is 0 Å². The highest BCUT2D eigenvalue weighted by Gasteiger charge is 2.20. The number of hydrogen-bond donors (Lipinski definition) is 0. The van der Waals surface area contributed by atoms with Gasteiger partial charge in [0, 0.05) is 18.0 Å². The van der Waals surface area contributed by atoms with Gasteiger partial charge >= 0.3 is 13.6 Å². The largest absolute Gasteiger partial charge is 0.465 e. The lowest BCUT2D eigenvalue weighted by atomic mass is 10.0. The first-order chi connectivity index (χ1) is 10.5. The molecule has 0 saturated heterocycles. The van der Waals surface area contributed by atoms with E-state index < -0.39 is 0 Å². The van der Waals surface area contributed by atoms with E-state index in [0.29, 0.717) is 4.88 Å². The molecular weight excluding hydrogens is 321 g/mol. The topological polar surface area (TPSA) is 38.8 Å². The van der Waals surface area contributed by atoms with Crippen LogP contribution in [-0.4, -0.2) is 51.1 Å². The summed E-state index contributed by atoms with van der Waals surface area (Å²) in [4.78, 5) is 15.1. The van der Waals surface area contributed by atoms with Gasteiger partial charge in [0.25, 0.3) is 0 Å². The van der Waals surface area contributed by atoms with Gasteiger partial charge in [0.1, 0.15) is 4.88 Å². The molecule has 0 amide bonds. The van der Waals surface area contributed by atoms with Crippen LogP contribution in [0.3, 0.4) is 0 Å². The lowest BCUT2D eigenvalue weighted by Crippen LogP contribution is -2.40. The van der Waals surface area contributed by atoms with E-state index in [1.165, 1.54) is 18.4 Å². The van der Waals surface area contributed by atoms with E-state index in [9.17, 15) is 4.79 Å². The second kappa shape index (κ2) is 10.1. The fraction of sp³-hybridized carbons (Fsp3) is 0.533. The molecule has 0 spiro atoms. The predicted molar refractivity (Wildman–Crippen MR) is 92.7 cm³/mol. The molecule has 1 heterocycles. The van der Waals surface area contributed by atoms with Gasteiger partial charge < -0.3 is 14.2 Å². The molecule has 0 fully saturated rings. The molecule has 0 N–H and O–H groups in total. The summed E-state index contributed by atoms with van der Waals surface area (Å²) in [5, 5.41) is 0.00150. The number of carbonyl (C=O) groups excluding carboxylic acids is 1. The Morgan fingerprint density at radius 1 is 1.50 bits per heavy atom. The molecule has 4 nitrogen and oxygen atoms in total. The smallest absolute Gasteiger partial charge is 0.398 e. The number of halogens is 1. The Labute approximate surface area is 142 Å². The quantitative estimate of drug-likeness (QED) is 0.299. The van der Waals surface area contributed by atoms with Crippen LogP contribution < -0.4 is 0 Å². The molecule has 1 rings (SSSR count). The maximum Gasteiger partial charge on any atom is 0.398 e. The van der Waals surface area contributed by atoms with Crippen LogP contribution in [0.15, 0.2) is 24.3 Å². The number of esters is 1. The van der Waals surface area contributed by atoms with E-state index in [4.69, 9.17) is 21.0 Å². The van der Waals surface area contributed by atoms with Crippen molar-refractivity contribution in [1.82, 2.24) is 4.81 Å².